The molecule has 1 amide bonds. The second kappa shape index (κ2) is 6.08. The Balaban J connectivity index is 4.45. The summed E-state index contributed by atoms with van der Waals surface area (Å²) in [7, 11) is 0. The molecular weight excluding hydrogens is 192 g/mol. The summed E-state index contributed by atoms with van der Waals surface area (Å²) in [5.41, 5.74) is 5.06. The van der Waals surface area contributed by atoms with Crippen LogP contribution in [-0.4, -0.2) is 30.2 Å². The Morgan fingerprint density at radius 1 is 1.53 bits per heavy atom. The lowest BCUT2D eigenvalue weighted by Gasteiger charge is -2.29. The van der Waals surface area contributed by atoms with E-state index in [9.17, 15) is 4.79 Å². The van der Waals surface area contributed by atoms with Crippen LogP contribution in [0.2, 0.25) is 0 Å². The molecule has 90 valence electrons. The van der Waals surface area contributed by atoms with E-state index in [1.54, 1.807) is 0 Å². The second-order valence-corrected chi connectivity index (χ2v) is 4.62. The van der Waals surface area contributed by atoms with Crippen LogP contribution in [0.4, 0.5) is 0 Å². The third-order valence-corrected chi connectivity index (χ3v) is 3.10. The summed E-state index contributed by atoms with van der Waals surface area (Å²) in [6, 6.07) is -0.185. The molecule has 0 aromatic heterocycles. The lowest BCUT2D eigenvalue weighted by Crippen LogP contribution is -2.50. The van der Waals surface area contributed by atoms with Crippen LogP contribution in [0.25, 0.3) is 0 Å². The maximum absolute atomic E-state index is 11.9. The van der Waals surface area contributed by atoms with E-state index < -0.39 is 5.41 Å². The van der Waals surface area contributed by atoms with E-state index in [0.29, 0.717) is 13.0 Å². The number of nitrogens with one attached hydrogen (secondary N) is 1. The number of hydrogen-bond acceptors (Lipinski definition) is 3. The third-order valence-electron chi connectivity index (χ3n) is 3.10. The van der Waals surface area contributed by atoms with Crippen LogP contribution >= 0.6 is 0 Å². The Kier molecular flexibility index (Phi) is 5.83. The molecule has 0 heterocycles. The topological polar surface area (TPSA) is 75.4 Å². The van der Waals surface area contributed by atoms with E-state index in [1.165, 1.54) is 0 Å². The molecule has 0 rings (SSSR count). The van der Waals surface area contributed by atoms with Crippen molar-refractivity contribution >= 4 is 5.91 Å². The van der Waals surface area contributed by atoms with Gasteiger partial charge in [0.15, 0.2) is 0 Å². The van der Waals surface area contributed by atoms with E-state index in [4.69, 9.17) is 10.8 Å². The molecule has 0 aromatic carbocycles. The first-order valence-corrected chi connectivity index (χ1v) is 5.53. The first kappa shape index (κ1) is 14.4. The molecular formula is C11H24N2O2. The van der Waals surface area contributed by atoms with E-state index >= 15 is 0 Å². The van der Waals surface area contributed by atoms with E-state index in [-0.39, 0.29) is 24.5 Å². The van der Waals surface area contributed by atoms with Crippen LogP contribution < -0.4 is 11.1 Å². The van der Waals surface area contributed by atoms with Crippen molar-refractivity contribution < 1.29 is 9.90 Å². The lowest BCUT2D eigenvalue weighted by molar-refractivity contribution is -0.131. The number of amides is 1. The highest BCUT2D eigenvalue weighted by Crippen LogP contribution is 2.19. The number of hydrogen-bond donors (Lipinski definition) is 3. The van der Waals surface area contributed by atoms with Gasteiger partial charge in [-0.25, -0.2) is 0 Å². The molecule has 4 heteroatoms. The van der Waals surface area contributed by atoms with Crippen molar-refractivity contribution in [3.8, 4) is 0 Å². The summed E-state index contributed by atoms with van der Waals surface area (Å²) in [5, 5.41) is 12.0. The zero-order valence-electron chi connectivity index (χ0n) is 10.2. The Morgan fingerprint density at radius 2 is 2.07 bits per heavy atom. The first-order chi connectivity index (χ1) is 6.91. The van der Waals surface area contributed by atoms with Crippen molar-refractivity contribution in [2.24, 2.45) is 17.1 Å². The minimum absolute atomic E-state index is 0.0340. The first-order valence-electron chi connectivity index (χ1n) is 5.53. The molecule has 0 aliphatic rings. The van der Waals surface area contributed by atoms with E-state index in [0.717, 1.165) is 0 Å². The van der Waals surface area contributed by atoms with Gasteiger partial charge in [-0.05, 0) is 19.3 Å². The summed E-state index contributed by atoms with van der Waals surface area (Å²) in [6.07, 6.45) is 0.700. The van der Waals surface area contributed by atoms with Crippen LogP contribution in [0.1, 0.15) is 34.1 Å². The maximum atomic E-state index is 11.9. The summed E-state index contributed by atoms with van der Waals surface area (Å²) >= 11 is 0. The van der Waals surface area contributed by atoms with Crippen LogP contribution in [-0.2, 0) is 4.79 Å². The summed E-state index contributed by atoms with van der Waals surface area (Å²) in [6.45, 7) is 8.01. The molecule has 2 atom stereocenters. The van der Waals surface area contributed by atoms with Crippen LogP contribution in [0.3, 0.4) is 0 Å². The lowest BCUT2D eigenvalue weighted by atomic mass is 9.86. The molecule has 0 bridgehead atoms. The van der Waals surface area contributed by atoms with Gasteiger partial charge < -0.3 is 16.2 Å². The smallest absolute Gasteiger partial charge is 0.227 e. The number of nitrogens with two attached hydrogens (primary N) is 1. The van der Waals surface area contributed by atoms with Crippen LogP contribution in [0, 0.1) is 11.3 Å². The molecule has 0 fully saturated rings. The van der Waals surface area contributed by atoms with Gasteiger partial charge in [-0.1, -0.05) is 20.8 Å². The number of carbonyl (C=O) groups excluding carboxylic acids is 1. The van der Waals surface area contributed by atoms with Crippen molar-refractivity contribution in [1.82, 2.24) is 5.32 Å². The molecule has 0 aliphatic carbocycles. The monoisotopic (exact) mass is 216 g/mol. The molecule has 0 radical (unpaired) electrons. The van der Waals surface area contributed by atoms with Gasteiger partial charge in [-0.15, -0.1) is 0 Å². The molecule has 1 unspecified atom stereocenters. The van der Waals surface area contributed by atoms with Gasteiger partial charge in [0.25, 0.3) is 0 Å². The highest BCUT2D eigenvalue weighted by atomic mass is 16.3. The minimum atomic E-state index is -0.525. The largest absolute Gasteiger partial charge is 0.394 e. The molecule has 0 spiro atoms. The third kappa shape index (κ3) is 3.80. The average Bonchev–Trinajstić information content (AvgIpc) is 2.23. The second-order valence-electron chi connectivity index (χ2n) is 4.62. The minimum Gasteiger partial charge on any atom is -0.394 e. The van der Waals surface area contributed by atoms with Crippen molar-refractivity contribution in [2.45, 2.75) is 40.2 Å². The molecule has 4 N–H and O–H groups in total. The van der Waals surface area contributed by atoms with Gasteiger partial charge in [0.05, 0.1) is 18.1 Å². The number of aliphatic hydroxyl groups is 1. The summed E-state index contributed by atoms with van der Waals surface area (Å²) < 4.78 is 0. The van der Waals surface area contributed by atoms with Gasteiger partial charge in [-0.2, -0.15) is 0 Å². The SMILES string of the molecule is CCC(C)(CN)C(=O)N[C@H](CO)C(C)C. The quantitative estimate of drug-likeness (QED) is 0.605. The van der Waals surface area contributed by atoms with Crippen LogP contribution in [0.15, 0.2) is 0 Å². The molecule has 15 heavy (non-hydrogen) atoms. The molecule has 0 saturated carbocycles. The average molecular weight is 216 g/mol. The van der Waals surface area contributed by atoms with E-state index in [2.05, 4.69) is 5.32 Å². The Morgan fingerprint density at radius 3 is 2.33 bits per heavy atom. The Hall–Kier alpha value is -0.610. The van der Waals surface area contributed by atoms with Gasteiger partial charge in [0.1, 0.15) is 0 Å². The Labute approximate surface area is 92.2 Å². The molecule has 4 nitrogen and oxygen atoms in total. The fraction of sp³-hybridized carbons (Fsp3) is 0.909. The fourth-order valence-electron chi connectivity index (χ4n) is 1.16. The predicted molar refractivity (Wildman–Crippen MR) is 61.3 cm³/mol. The number of rotatable bonds is 6. The van der Waals surface area contributed by atoms with Gasteiger partial charge in [-0.3, -0.25) is 4.79 Å². The predicted octanol–water partition coefficient (Wildman–Crippen LogP) is 0.495. The maximum Gasteiger partial charge on any atom is 0.227 e. The van der Waals surface area contributed by atoms with E-state index in [1.807, 2.05) is 27.7 Å². The number of aliphatic hydroxyl groups excluding tert-OH is 1. The van der Waals surface area contributed by atoms with Crippen molar-refractivity contribution in [1.29, 1.82) is 0 Å². The normalized spacial score (nSPS) is 17.3. The highest BCUT2D eigenvalue weighted by molar-refractivity contribution is 5.82. The molecule has 0 aliphatic heterocycles. The summed E-state index contributed by atoms with van der Waals surface area (Å²) in [4.78, 5) is 11.9. The van der Waals surface area contributed by atoms with Gasteiger partial charge in [0, 0.05) is 6.54 Å². The van der Waals surface area contributed by atoms with Crippen molar-refractivity contribution in [3.05, 3.63) is 0 Å². The van der Waals surface area contributed by atoms with Gasteiger partial charge in [0.2, 0.25) is 5.91 Å². The van der Waals surface area contributed by atoms with Crippen LogP contribution in [0.5, 0.6) is 0 Å². The standard InChI is InChI=1S/C11H24N2O2/c1-5-11(4,7-12)10(15)13-9(6-14)8(2)3/h8-9,14H,5-7,12H2,1-4H3,(H,13,15)/t9-,11?/m1/s1. The highest BCUT2D eigenvalue weighted by Gasteiger charge is 2.31. The van der Waals surface area contributed by atoms with Crippen molar-refractivity contribution in [2.75, 3.05) is 13.2 Å². The fourth-order valence-corrected chi connectivity index (χ4v) is 1.16. The van der Waals surface area contributed by atoms with Gasteiger partial charge >= 0.3 is 0 Å². The Bertz CT molecular complexity index is 201. The number of carbonyl (C=O) groups is 1. The summed E-state index contributed by atoms with van der Waals surface area (Å²) in [5.74, 6) is 0.151. The zero-order valence-corrected chi connectivity index (χ0v) is 10.2. The van der Waals surface area contributed by atoms with Crippen molar-refractivity contribution in [3.63, 3.8) is 0 Å². The zero-order chi connectivity index (χ0) is 12.1. The molecule has 0 saturated heterocycles. The molecule has 0 aromatic rings.